The minimum absolute atomic E-state index is 0.0161. The minimum Gasteiger partial charge on any atom is -0.457 e. The van der Waals surface area contributed by atoms with Crippen LogP contribution in [0.1, 0.15) is 24.2 Å². The van der Waals surface area contributed by atoms with Crippen molar-refractivity contribution < 1.29 is 23.9 Å². The number of carbonyl (C=O) groups excluding carboxylic acids is 3. The second-order valence-corrected chi connectivity index (χ2v) is 6.02. The molecule has 0 radical (unpaired) electrons. The van der Waals surface area contributed by atoms with E-state index in [1.165, 1.54) is 6.07 Å². The lowest BCUT2D eigenvalue weighted by molar-refractivity contribution is -0.128. The van der Waals surface area contributed by atoms with E-state index >= 15 is 0 Å². The van der Waals surface area contributed by atoms with Gasteiger partial charge in [-0.15, -0.1) is 0 Å². The molecule has 0 saturated heterocycles. The molecule has 27 heavy (non-hydrogen) atoms. The highest BCUT2D eigenvalue weighted by atomic mass is 16.5. The van der Waals surface area contributed by atoms with Gasteiger partial charge in [-0.25, -0.2) is 4.79 Å². The summed E-state index contributed by atoms with van der Waals surface area (Å²) in [4.78, 5) is 35.2. The van der Waals surface area contributed by atoms with Gasteiger partial charge in [0.1, 0.15) is 11.5 Å². The van der Waals surface area contributed by atoms with E-state index in [2.05, 4.69) is 10.6 Å². The number of carbonyl (C=O) groups is 3. The first-order chi connectivity index (χ1) is 12.9. The summed E-state index contributed by atoms with van der Waals surface area (Å²) in [6, 6.07) is 15.6. The molecule has 0 fully saturated rings. The number of ether oxygens (including phenoxy) is 2. The van der Waals surface area contributed by atoms with E-state index < -0.39 is 18.5 Å². The van der Waals surface area contributed by atoms with Crippen molar-refractivity contribution >= 4 is 17.8 Å². The first-order valence-electron chi connectivity index (χ1n) is 8.50. The molecule has 2 aromatic rings. The van der Waals surface area contributed by atoms with Crippen molar-refractivity contribution in [1.82, 2.24) is 10.6 Å². The summed E-state index contributed by atoms with van der Waals surface area (Å²) in [6.45, 7) is 2.99. The van der Waals surface area contributed by atoms with Crippen LogP contribution in [0.5, 0.6) is 11.5 Å². The quantitative estimate of drug-likeness (QED) is 0.696. The van der Waals surface area contributed by atoms with Gasteiger partial charge in [-0.3, -0.25) is 9.59 Å². The lowest BCUT2D eigenvalue weighted by atomic mass is 10.2. The van der Waals surface area contributed by atoms with Crippen LogP contribution in [0.3, 0.4) is 0 Å². The Balaban J connectivity index is 1.82. The maximum Gasteiger partial charge on any atom is 0.338 e. The van der Waals surface area contributed by atoms with Gasteiger partial charge in [0.15, 0.2) is 6.61 Å². The minimum atomic E-state index is -0.657. The Morgan fingerprint density at radius 1 is 0.926 bits per heavy atom. The topological polar surface area (TPSA) is 93.7 Å². The van der Waals surface area contributed by atoms with Crippen LogP contribution >= 0.6 is 0 Å². The van der Waals surface area contributed by atoms with Gasteiger partial charge in [0, 0.05) is 6.04 Å². The monoisotopic (exact) mass is 370 g/mol. The Labute approximate surface area is 157 Å². The highest BCUT2D eigenvalue weighted by Crippen LogP contribution is 2.22. The van der Waals surface area contributed by atoms with Gasteiger partial charge >= 0.3 is 5.97 Å². The number of nitrogens with one attached hydrogen (secondary N) is 2. The first-order valence-corrected chi connectivity index (χ1v) is 8.50. The van der Waals surface area contributed by atoms with Crippen molar-refractivity contribution in [3.8, 4) is 11.5 Å². The molecule has 0 aliphatic rings. The van der Waals surface area contributed by atoms with Gasteiger partial charge in [-0.1, -0.05) is 24.3 Å². The van der Waals surface area contributed by atoms with Crippen LogP contribution in [-0.2, 0) is 14.3 Å². The molecule has 0 heterocycles. The van der Waals surface area contributed by atoms with E-state index in [0.717, 1.165) is 0 Å². The van der Waals surface area contributed by atoms with E-state index in [1.807, 2.05) is 32.0 Å². The second kappa shape index (κ2) is 9.96. The number of hydrogen-bond acceptors (Lipinski definition) is 5. The van der Waals surface area contributed by atoms with Crippen molar-refractivity contribution in [2.45, 2.75) is 19.9 Å². The standard InChI is InChI=1S/C20H22N2O5/c1-14(2)22-18(23)12-21-19(24)13-26-20(25)15-7-6-10-17(11-15)27-16-8-4-3-5-9-16/h3-11,14H,12-13H2,1-2H3,(H,21,24)(H,22,23). The Hall–Kier alpha value is -3.35. The van der Waals surface area contributed by atoms with Gasteiger partial charge in [-0.2, -0.15) is 0 Å². The van der Waals surface area contributed by atoms with Gasteiger partial charge in [-0.05, 0) is 44.2 Å². The summed E-state index contributed by atoms with van der Waals surface area (Å²) < 4.78 is 10.6. The molecule has 7 heteroatoms. The zero-order chi connectivity index (χ0) is 19.6. The van der Waals surface area contributed by atoms with Crippen LogP contribution in [0.25, 0.3) is 0 Å². The average Bonchev–Trinajstić information content (AvgIpc) is 2.65. The van der Waals surface area contributed by atoms with Crippen LogP contribution in [0.15, 0.2) is 54.6 Å². The Morgan fingerprint density at radius 2 is 1.63 bits per heavy atom. The van der Waals surface area contributed by atoms with E-state index in [4.69, 9.17) is 9.47 Å². The third-order valence-electron chi connectivity index (χ3n) is 3.28. The lowest BCUT2D eigenvalue weighted by Crippen LogP contribution is -2.41. The molecular formula is C20H22N2O5. The number of rotatable bonds is 8. The van der Waals surface area contributed by atoms with Crippen molar-refractivity contribution in [2.75, 3.05) is 13.2 Å². The number of esters is 1. The average molecular weight is 370 g/mol. The molecule has 7 nitrogen and oxygen atoms in total. The Bertz CT molecular complexity index is 790. The molecule has 0 aliphatic carbocycles. The SMILES string of the molecule is CC(C)NC(=O)CNC(=O)COC(=O)c1cccc(Oc2ccccc2)c1. The van der Waals surface area contributed by atoms with Crippen LogP contribution in [0.2, 0.25) is 0 Å². The highest BCUT2D eigenvalue weighted by molar-refractivity contribution is 5.92. The van der Waals surface area contributed by atoms with Crippen molar-refractivity contribution in [3.05, 3.63) is 60.2 Å². The smallest absolute Gasteiger partial charge is 0.338 e. The molecule has 142 valence electrons. The van der Waals surface area contributed by atoms with E-state index in [0.29, 0.717) is 11.5 Å². The molecule has 0 unspecified atom stereocenters. The third-order valence-corrected chi connectivity index (χ3v) is 3.28. The van der Waals surface area contributed by atoms with Gasteiger partial charge < -0.3 is 20.1 Å². The molecule has 0 aromatic heterocycles. The summed E-state index contributed by atoms with van der Waals surface area (Å²) in [5, 5.41) is 5.03. The predicted molar refractivity (Wildman–Crippen MR) is 99.5 cm³/mol. The maximum atomic E-state index is 12.1. The van der Waals surface area contributed by atoms with Crippen molar-refractivity contribution in [2.24, 2.45) is 0 Å². The van der Waals surface area contributed by atoms with Crippen LogP contribution in [0.4, 0.5) is 0 Å². The highest BCUT2D eigenvalue weighted by Gasteiger charge is 2.12. The molecule has 0 atom stereocenters. The molecular weight excluding hydrogens is 348 g/mol. The van der Waals surface area contributed by atoms with Crippen LogP contribution in [0, 0.1) is 0 Å². The number of hydrogen-bond donors (Lipinski definition) is 2. The predicted octanol–water partition coefficient (Wildman–Crippen LogP) is 2.28. The van der Waals surface area contributed by atoms with Crippen molar-refractivity contribution in [1.29, 1.82) is 0 Å². The molecule has 2 N–H and O–H groups in total. The zero-order valence-electron chi connectivity index (χ0n) is 15.2. The lowest BCUT2D eigenvalue weighted by Gasteiger charge is -2.10. The Kier molecular flexibility index (Phi) is 7.37. The first kappa shape index (κ1) is 20.0. The van der Waals surface area contributed by atoms with E-state index in [1.54, 1.807) is 30.3 Å². The fourth-order valence-electron chi connectivity index (χ4n) is 2.13. The summed E-state index contributed by atoms with van der Waals surface area (Å²) in [5.74, 6) is -0.405. The summed E-state index contributed by atoms with van der Waals surface area (Å²) in [6.07, 6.45) is 0. The van der Waals surface area contributed by atoms with E-state index in [9.17, 15) is 14.4 Å². The maximum absolute atomic E-state index is 12.1. The molecule has 0 saturated carbocycles. The van der Waals surface area contributed by atoms with Gasteiger partial charge in [0.05, 0.1) is 12.1 Å². The largest absolute Gasteiger partial charge is 0.457 e. The molecule has 2 amide bonds. The molecule has 0 aliphatic heterocycles. The third kappa shape index (κ3) is 7.19. The molecule has 2 rings (SSSR count). The van der Waals surface area contributed by atoms with Crippen LogP contribution in [-0.4, -0.2) is 37.0 Å². The summed E-state index contributed by atoms with van der Waals surface area (Å²) in [5.41, 5.74) is 0.258. The molecule has 0 spiro atoms. The summed E-state index contributed by atoms with van der Waals surface area (Å²) in [7, 11) is 0. The van der Waals surface area contributed by atoms with Gasteiger partial charge in [0.25, 0.3) is 5.91 Å². The fraction of sp³-hybridized carbons (Fsp3) is 0.250. The summed E-state index contributed by atoms with van der Waals surface area (Å²) >= 11 is 0. The van der Waals surface area contributed by atoms with Crippen LogP contribution < -0.4 is 15.4 Å². The fourth-order valence-corrected chi connectivity index (χ4v) is 2.13. The Morgan fingerprint density at radius 3 is 2.33 bits per heavy atom. The van der Waals surface area contributed by atoms with Gasteiger partial charge in [0.2, 0.25) is 5.91 Å². The normalized spacial score (nSPS) is 10.2. The molecule has 0 bridgehead atoms. The second-order valence-electron chi connectivity index (χ2n) is 6.02. The number of benzene rings is 2. The molecule has 2 aromatic carbocycles. The zero-order valence-corrected chi connectivity index (χ0v) is 15.2. The van der Waals surface area contributed by atoms with E-state index in [-0.39, 0.29) is 24.1 Å². The number of para-hydroxylation sites is 1. The number of amides is 2. The van der Waals surface area contributed by atoms with Crippen molar-refractivity contribution in [3.63, 3.8) is 0 Å².